The molecular formula is C19H27N3O. The monoisotopic (exact) mass is 313 g/mol. The van der Waals surface area contributed by atoms with Crippen LogP contribution in [0.4, 0.5) is 0 Å². The molecule has 2 heterocycles. The third-order valence-electron chi connectivity index (χ3n) is 4.72. The standard InChI is InChI=1S/C19H27N3O/c1-16-5-3-6-17(13-16)18-7-4-9-21(14-18)15-19-20-8-10-22(19)11-12-23-2/h3,5-6,8,10,13,18H,4,7,9,11-12,14-15H2,1-2H3/t18-/m0/s1. The zero-order valence-electron chi connectivity index (χ0n) is 14.2. The normalized spacial score (nSPS) is 19.1. The lowest BCUT2D eigenvalue weighted by molar-refractivity contribution is 0.176. The van der Waals surface area contributed by atoms with E-state index < -0.39 is 0 Å². The van der Waals surface area contributed by atoms with Crippen LogP contribution in [0, 0.1) is 6.92 Å². The van der Waals surface area contributed by atoms with Crippen molar-refractivity contribution >= 4 is 0 Å². The molecule has 0 unspecified atom stereocenters. The second kappa shape index (κ2) is 7.75. The molecule has 4 heteroatoms. The van der Waals surface area contributed by atoms with Gasteiger partial charge in [-0.2, -0.15) is 0 Å². The molecule has 1 aliphatic heterocycles. The van der Waals surface area contributed by atoms with Crippen molar-refractivity contribution in [1.82, 2.24) is 14.5 Å². The van der Waals surface area contributed by atoms with Crippen LogP contribution in [-0.2, 0) is 17.8 Å². The number of piperidine rings is 1. The van der Waals surface area contributed by atoms with Crippen molar-refractivity contribution in [3.63, 3.8) is 0 Å². The maximum atomic E-state index is 5.18. The van der Waals surface area contributed by atoms with E-state index in [4.69, 9.17) is 4.74 Å². The van der Waals surface area contributed by atoms with Gasteiger partial charge in [-0.25, -0.2) is 4.98 Å². The van der Waals surface area contributed by atoms with Crippen LogP contribution in [0.15, 0.2) is 36.7 Å². The van der Waals surface area contributed by atoms with E-state index in [-0.39, 0.29) is 0 Å². The lowest BCUT2D eigenvalue weighted by atomic mass is 9.90. The highest BCUT2D eigenvalue weighted by Gasteiger charge is 2.22. The van der Waals surface area contributed by atoms with Crippen LogP contribution in [0.25, 0.3) is 0 Å². The molecule has 0 saturated carbocycles. The van der Waals surface area contributed by atoms with Gasteiger partial charge in [0.1, 0.15) is 5.82 Å². The zero-order valence-corrected chi connectivity index (χ0v) is 14.2. The van der Waals surface area contributed by atoms with Crippen molar-refractivity contribution in [2.24, 2.45) is 0 Å². The van der Waals surface area contributed by atoms with E-state index in [1.165, 1.54) is 30.5 Å². The second-order valence-electron chi connectivity index (χ2n) is 6.52. The Morgan fingerprint density at radius 1 is 1.35 bits per heavy atom. The van der Waals surface area contributed by atoms with Crippen LogP contribution in [0.5, 0.6) is 0 Å². The van der Waals surface area contributed by atoms with E-state index in [0.717, 1.165) is 32.1 Å². The summed E-state index contributed by atoms with van der Waals surface area (Å²) in [6, 6.07) is 8.98. The zero-order chi connectivity index (χ0) is 16.1. The summed E-state index contributed by atoms with van der Waals surface area (Å²) in [7, 11) is 1.74. The largest absolute Gasteiger partial charge is 0.383 e. The molecule has 0 spiro atoms. The minimum Gasteiger partial charge on any atom is -0.383 e. The maximum absolute atomic E-state index is 5.18. The Kier molecular flexibility index (Phi) is 5.47. The summed E-state index contributed by atoms with van der Waals surface area (Å²) >= 11 is 0. The van der Waals surface area contributed by atoms with Gasteiger partial charge >= 0.3 is 0 Å². The molecule has 1 aromatic heterocycles. The first-order chi connectivity index (χ1) is 11.3. The number of hydrogen-bond acceptors (Lipinski definition) is 3. The summed E-state index contributed by atoms with van der Waals surface area (Å²) in [5.74, 6) is 1.79. The second-order valence-corrected chi connectivity index (χ2v) is 6.52. The van der Waals surface area contributed by atoms with Crippen LogP contribution in [-0.4, -0.2) is 41.3 Å². The Hall–Kier alpha value is -1.65. The van der Waals surface area contributed by atoms with Crippen LogP contribution >= 0.6 is 0 Å². The van der Waals surface area contributed by atoms with Gasteiger partial charge in [-0.15, -0.1) is 0 Å². The molecule has 1 aliphatic rings. The van der Waals surface area contributed by atoms with Crippen LogP contribution in [0.3, 0.4) is 0 Å². The van der Waals surface area contributed by atoms with E-state index in [9.17, 15) is 0 Å². The fourth-order valence-electron chi connectivity index (χ4n) is 3.48. The van der Waals surface area contributed by atoms with Crippen molar-refractivity contribution in [1.29, 1.82) is 0 Å². The lowest BCUT2D eigenvalue weighted by Crippen LogP contribution is -2.34. The smallest absolute Gasteiger partial charge is 0.122 e. The first kappa shape index (κ1) is 16.2. The van der Waals surface area contributed by atoms with E-state index >= 15 is 0 Å². The van der Waals surface area contributed by atoms with Gasteiger partial charge in [-0.1, -0.05) is 29.8 Å². The molecule has 2 aromatic rings. The summed E-state index contributed by atoms with van der Waals surface area (Å²) < 4.78 is 7.39. The third kappa shape index (κ3) is 4.21. The minimum atomic E-state index is 0.644. The predicted octanol–water partition coefficient (Wildman–Crippen LogP) is 3.22. The van der Waals surface area contributed by atoms with Gasteiger partial charge in [0.15, 0.2) is 0 Å². The number of hydrogen-bond donors (Lipinski definition) is 0. The molecule has 0 amide bonds. The molecule has 3 rings (SSSR count). The van der Waals surface area contributed by atoms with E-state index in [0.29, 0.717) is 5.92 Å². The lowest BCUT2D eigenvalue weighted by Gasteiger charge is -2.33. The van der Waals surface area contributed by atoms with Crippen LogP contribution < -0.4 is 0 Å². The Labute approximate surface area is 139 Å². The van der Waals surface area contributed by atoms with Crippen molar-refractivity contribution in [2.75, 3.05) is 26.8 Å². The highest BCUT2D eigenvalue weighted by molar-refractivity contribution is 5.26. The van der Waals surface area contributed by atoms with Crippen molar-refractivity contribution in [3.05, 3.63) is 53.6 Å². The molecule has 1 saturated heterocycles. The van der Waals surface area contributed by atoms with Gasteiger partial charge in [0.2, 0.25) is 0 Å². The Morgan fingerprint density at radius 3 is 3.09 bits per heavy atom. The number of methoxy groups -OCH3 is 1. The van der Waals surface area contributed by atoms with Crippen LogP contribution in [0.1, 0.15) is 35.7 Å². The molecule has 4 nitrogen and oxygen atoms in total. The minimum absolute atomic E-state index is 0.644. The summed E-state index contributed by atoms with van der Waals surface area (Å²) in [6.45, 7) is 7.01. The summed E-state index contributed by atoms with van der Waals surface area (Å²) in [5.41, 5.74) is 2.84. The molecule has 23 heavy (non-hydrogen) atoms. The molecule has 1 atom stereocenters. The number of rotatable bonds is 6. The number of likely N-dealkylation sites (tertiary alicyclic amines) is 1. The Balaban J connectivity index is 1.64. The number of aromatic nitrogens is 2. The Morgan fingerprint density at radius 2 is 2.26 bits per heavy atom. The van der Waals surface area contributed by atoms with Gasteiger partial charge in [0, 0.05) is 32.6 Å². The van der Waals surface area contributed by atoms with Gasteiger partial charge in [0.25, 0.3) is 0 Å². The number of aryl methyl sites for hydroxylation is 1. The first-order valence-corrected chi connectivity index (χ1v) is 8.54. The molecular weight excluding hydrogens is 286 g/mol. The predicted molar refractivity (Wildman–Crippen MR) is 92.5 cm³/mol. The number of imidazole rings is 1. The fraction of sp³-hybridized carbons (Fsp3) is 0.526. The number of nitrogens with zero attached hydrogens (tertiary/aromatic N) is 3. The van der Waals surface area contributed by atoms with Gasteiger partial charge < -0.3 is 9.30 Å². The highest BCUT2D eigenvalue weighted by atomic mass is 16.5. The fourth-order valence-corrected chi connectivity index (χ4v) is 3.48. The average Bonchev–Trinajstić information content (AvgIpc) is 3.00. The molecule has 1 aromatic carbocycles. The third-order valence-corrected chi connectivity index (χ3v) is 4.72. The van der Waals surface area contributed by atoms with E-state index in [1.807, 2.05) is 6.20 Å². The topological polar surface area (TPSA) is 30.3 Å². The van der Waals surface area contributed by atoms with Gasteiger partial charge in [-0.3, -0.25) is 4.90 Å². The SMILES string of the molecule is COCCn1ccnc1CN1CCC[C@H](c2cccc(C)c2)C1. The van der Waals surface area contributed by atoms with Gasteiger partial charge in [0.05, 0.1) is 13.2 Å². The number of ether oxygens (including phenoxy) is 1. The molecule has 1 fully saturated rings. The maximum Gasteiger partial charge on any atom is 0.122 e. The summed E-state index contributed by atoms with van der Waals surface area (Å²) in [5, 5.41) is 0. The number of benzene rings is 1. The molecule has 0 bridgehead atoms. The summed E-state index contributed by atoms with van der Waals surface area (Å²) in [4.78, 5) is 7.08. The van der Waals surface area contributed by atoms with Crippen molar-refractivity contribution in [2.45, 2.75) is 38.8 Å². The quantitative estimate of drug-likeness (QED) is 0.820. The van der Waals surface area contributed by atoms with E-state index in [2.05, 4.69) is 51.8 Å². The summed E-state index contributed by atoms with van der Waals surface area (Å²) in [6.07, 6.45) is 6.50. The molecule has 124 valence electrons. The molecule has 0 N–H and O–H groups in total. The van der Waals surface area contributed by atoms with Crippen molar-refractivity contribution in [3.8, 4) is 0 Å². The van der Waals surface area contributed by atoms with Gasteiger partial charge in [-0.05, 0) is 37.8 Å². The Bertz CT molecular complexity index is 623. The molecule has 0 aliphatic carbocycles. The highest BCUT2D eigenvalue weighted by Crippen LogP contribution is 2.28. The molecule has 0 radical (unpaired) electrons. The first-order valence-electron chi connectivity index (χ1n) is 8.54. The van der Waals surface area contributed by atoms with E-state index in [1.54, 1.807) is 7.11 Å². The van der Waals surface area contributed by atoms with Crippen LogP contribution in [0.2, 0.25) is 0 Å². The average molecular weight is 313 g/mol. The van der Waals surface area contributed by atoms with Crippen molar-refractivity contribution < 1.29 is 4.74 Å².